The van der Waals surface area contributed by atoms with Gasteiger partial charge < -0.3 is 5.32 Å². The predicted octanol–water partition coefficient (Wildman–Crippen LogP) is 1.83. The summed E-state index contributed by atoms with van der Waals surface area (Å²) in [4.78, 5) is 15.8. The molecule has 0 radical (unpaired) electrons. The normalized spacial score (nSPS) is 10.1. The van der Waals surface area contributed by atoms with Crippen LogP contribution in [0.3, 0.4) is 0 Å². The Morgan fingerprint density at radius 2 is 2.38 bits per heavy atom. The first-order chi connectivity index (χ1) is 7.66. The Kier molecular flexibility index (Phi) is 3.00. The van der Waals surface area contributed by atoms with Crippen molar-refractivity contribution in [2.45, 2.75) is 0 Å². The third kappa shape index (κ3) is 2.27. The largest absolute Gasteiger partial charge is 0.320 e. The zero-order valence-corrected chi connectivity index (χ0v) is 10.1. The van der Waals surface area contributed by atoms with E-state index in [1.807, 2.05) is 0 Å². The minimum atomic E-state index is -0.207. The lowest BCUT2D eigenvalue weighted by Crippen LogP contribution is -2.11. The summed E-state index contributed by atoms with van der Waals surface area (Å²) in [5.41, 5.74) is 1.15. The third-order valence-corrected chi connectivity index (χ3v) is 2.61. The first-order valence-corrected chi connectivity index (χ1v) is 5.36. The summed E-state index contributed by atoms with van der Waals surface area (Å²) in [6.45, 7) is 0. The van der Waals surface area contributed by atoms with Gasteiger partial charge in [-0.3, -0.25) is 9.48 Å². The number of anilines is 1. The van der Waals surface area contributed by atoms with E-state index in [0.717, 1.165) is 0 Å². The van der Waals surface area contributed by atoms with Gasteiger partial charge >= 0.3 is 0 Å². The van der Waals surface area contributed by atoms with Gasteiger partial charge in [0.05, 0.1) is 17.4 Å². The Hall–Kier alpha value is -1.69. The molecule has 0 saturated heterocycles. The number of nitrogens with zero attached hydrogens (tertiary/aromatic N) is 3. The molecule has 0 aromatic carbocycles. The minimum absolute atomic E-state index is 0.207. The van der Waals surface area contributed by atoms with Crippen LogP contribution in [0.5, 0.6) is 0 Å². The molecule has 2 rings (SSSR count). The molecule has 0 bridgehead atoms. The van der Waals surface area contributed by atoms with Crippen molar-refractivity contribution in [3.05, 3.63) is 40.9 Å². The van der Waals surface area contributed by atoms with Gasteiger partial charge in [-0.2, -0.15) is 5.10 Å². The van der Waals surface area contributed by atoms with Gasteiger partial charge in [0.2, 0.25) is 0 Å². The Morgan fingerprint density at radius 3 is 3.00 bits per heavy atom. The number of carbonyl (C=O) groups is 1. The fraction of sp³-hybridized carbons (Fsp3) is 0.100. The van der Waals surface area contributed by atoms with E-state index in [1.54, 1.807) is 36.3 Å². The Bertz CT molecular complexity index is 523. The number of rotatable bonds is 2. The zero-order valence-electron chi connectivity index (χ0n) is 8.51. The van der Waals surface area contributed by atoms with E-state index in [4.69, 9.17) is 0 Å². The van der Waals surface area contributed by atoms with Crippen LogP contribution in [0.25, 0.3) is 0 Å². The van der Waals surface area contributed by atoms with E-state index in [-0.39, 0.29) is 5.91 Å². The maximum atomic E-state index is 11.8. The van der Waals surface area contributed by atoms with Gasteiger partial charge in [-0.05, 0) is 28.1 Å². The van der Waals surface area contributed by atoms with Crippen LogP contribution in [0.2, 0.25) is 0 Å². The van der Waals surface area contributed by atoms with Crippen LogP contribution in [0, 0.1) is 0 Å². The lowest BCUT2D eigenvalue weighted by molar-refractivity contribution is 0.102. The van der Waals surface area contributed by atoms with Crippen LogP contribution in [-0.4, -0.2) is 20.7 Å². The molecular weight excluding hydrogens is 272 g/mol. The monoisotopic (exact) mass is 280 g/mol. The zero-order chi connectivity index (χ0) is 11.5. The fourth-order valence-corrected chi connectivity index (χ4v) is 1.56. The summed E-state index contributed by atoms with van der Waals surface area (Å²) in [6, 6.07) is 3.52. The molecule has 2 aromatic heterocycles. The highest BCUT2D eigenvalue weighted by Crippen LogP contribution is 2.18. The highest BCUT2D eigenvalue weighted by molar-refractivity contribution is 9.10. The summed E-state index contributed by atoms with van der Waals surface area (Å²) in [7, 11) is 1.76. The SMILES string of the molecule is Cn1cc(C(=O)Nc2cccnc2Br)cn1. The average Bonchev–Trinajstić information content (AvgIpc) is 2.68. The van der Waals surface area contributed by atoms with Gasteiger partial charge in [0.1, 0.15) is 4.60 Å². The van der Waals surface area contributed by atoms with Crippen LogP contribution >= 0.6 is 15.9 Å². The van der Waals surface area contributed by atoms with Crippen LogP contribution in [-0.2, 0) is 7.05 Å². The Morgan fingerprint density at radius 1 is 1.56 bits per heavy atom. The smallest absolute Gasteiger partial charge is 0.258 e. The highest BCUT2D eigenvalue weighted by atomic mass is 79.9. The molecule has 16 heavy (non-hydrogen) atoms. The second-order valence-electron chi connectivity index (χ2n) is 3.20. The van der Waals surface area contributed by atoms with E-state index < -0.39 is 0 Å². The van der Waals surface area contributed by atoms with E-state index in [0.29, 0.717) is 15.9 Å². The van der Waals surface area contributed by atoms with Gasteiger partial charge in [-0.15, -0.1) is 0 Å². The van der Waals surface area contributed by atoms with Gasteiger partial charge in [-0.25, -0.2) is 4.98 Å². The molecule has 6 heteroatoms. The van der Waals surface area contributed by atoms with Crippen LogP contribution in [0.15, 0.2) is 35.3 Å². The molecule has 0 atom stereocenters. The average molecular weight is 281 g/mol. The molecule has 0 saturated carbocycles. The van der Waals surface area contributed by atoms with Gasteiger partial charge in [-0.1, -0.05) is 0 Å². The molecular formula is C10H9BrN4O. The molecule has 0 aliphatic rings. The van der Waals surface area contributed by atoms with Gasteiger partial charge in [0.15, 0.2) is 0 Å². The molecule has 1 amide bonds. The summed E-state index contributed by atoms with van der Waals surface area (Å²) >= 11 is 3.26. The summed E-state index contributed by atoms with van der Waals surface area (Å²) < 4.78 is 2.18. The Balaban J connectivity index is 2.17. The summed E-state index contributed by atoms with van der Waals surface area (Å²) in [6.07, 6.45) is 4.81. The number of nitrogens with one attached hydrogen (secondary N) is 1. The maximum absolute atomic E-state index is 11.8. The van der Waals surface area contributed by atoms with E-state index in [9.17, 15) is 4.79 Å². The van der Waals surface area contributed by atoms with Crippen molar-refractivity contribution in [2.24, 2.45) is 7.05 Å². The van der Waals surface area contributed by atoms with Crippen molar-refractivity contribution < 1.29 is 4.79 Å². The standard InChI is InChI=1S/C10H9BrN4O/c1-15-6-7(5-13-15)10(16)14-8-3-2-4-12-9(8)11/h2-6H,1H3,(H,14,16). The topological polar surface area (TPSA) is 59.8 Å². The summed E-state index contributed by atoms with van der Waals surface area (Å²) in [5.74, 6) is -0.207. The molecule has 0 spiro atoms. The van der Waals surface area contributed by atoms with E-state index in [1.165, 1.54) is 6.20 Å². The van der Waals surface area contributed by atoms with Crippen LogP contribution < -0.4 is 5.32 Å². The van der Waals surface area contributed by atoms with Crippen molar-refractivity contribution in [2.75, 3.05) is 5.32 Å². The third-order valence-electron chi connectivity index (χ3n) is 1.97. The second-order valence-corrected chi connectivity index (χ2v) is 3.95. The molecule has 82 valence electrons. The minimum Gasteiger partial charge on any atom is -0.320 e. The van der Waals surface area contributed by atoms with Crippen LogP contribution in [0.4, 0.5) is 5.69 Å². The summed E-state index contributed by atoms with van der Waals surface area (Å²) in [5, 5.41) is 6.67. The number of aryl methyl sites for hydroxylation is 1. The van der Waals surface area contributed by atoms with Crippen molar-refractivity contribution >= 4 is 27.5 Å². The number of amides is 1. The molecule has 5 nitrogen and oxygen atoms in total. The number of pyridine rings is 1. The first kappa shape index (κ1) is 10.8. The number of hydrogen-bond donors (Lipinski definition) is 1. The quantitative estimate of drug-likeness (QED) is 0.854. The number of aromatic nitrogens is 3. The molecule has 0 aliphatic heterocycles. The lowest BCUT2D eigenvalue weighted by Gasteiger charge is -2.04. The second kappa shape index (κ2) is 4.44. The lowest BCUT2D eigenvalue weighted by atomic mass is 10.3. The number of carbonyl (C=O) groups excluding carboxylic acids is 1. The molecule has 0 aliphatic carbocycles. The first-order valence-electron chi connectivity index (χ1n) is 4.57. The predicted molar refractivity (Wildman–Crippen MR) is 63.1 cm³/mol. The molecule has 1 N–H and O–H groups in total. The molecule has 0 unspecified atom stereocenters. The maximum Gasteiger partial charge on any atom is 0.258 e. The van der Waals surface area contributed by atoms with Crippen molar-refractivity contribution in [3.63, 3.8) is 0 Å². The van der Waals surface area contributed by atoms with E-state index >= 15 is 0 Å². The fourth-order valence-electron chi connectivity index (χ4n) is 1.21. The van der Waals surface area contributed by atoms with E-state index in [2.05, 4.69) is 31.3 Å². The molecule has 0 fully saturated rings. The Labute approximate surface area is 101 Å². The van der Waals surface area contributed by atoms with Gasteiger partial charge in [0, 0.05) is 19.4 Å². The van der Waals surface area contributed by atoms with Crippen molar-refractivity contribution in [1.29, 1.82) is 0 Å². The number of hydrogen-bond acceptors (Lipinski definition) is 3. The highest BCUT2D eigenvalue weighted by Gasteiger charge is 2.09. The molecule has 2 heterocycles. The number of halogens is 1. The molecule has 2 aromatic rings. The van der Waals surface area contributed by atoms with Gasteiger partial charge in [0.25, 0.3) is 5.91 Å². The van der Waals surface area contributed by atoms with Crippen molar-refractivity contribution in [3.8, 4) is 0 Å². The van der Waals surface area contributed by atoms with Crippen molar-refractivity contribution in [1.82, 2.24) is 14.8 Å². The van der Waals surface area contributed by atoms with Crippen LogP contribution in [0.1, 0.15) is 10.4 Å².